The first-order valence-electron chi connectivity index (χ1n) is 28.6. The number of nitrogens with zero attached hydrogens (tertiary/aromatic N) is 8. The predicted octanol–water partition coefficient (Wildman–Crippen LogP) is 7.05. The summed E-state index contributed by atoms with van der Waals surface area (Å²) in [5.74, 6) is -0.616. The SMILES string of the molecule is COC(=O)N[C@H](C(=O)N[C@@H](Cc1ccc(C#Cc2cnc(N3CC4CCC(C3)N4C3COC3)nc2)cc1)[C@H](CN(Cc1c(F)cc(-c2ccn(C(F)F)n2)cc1F)NC(=O)[C@@H](NC(=O)OC)C(C)(C)C(F)(F)F)OC(=O)CCC[N+](C)(C)C)C(C)(C)C(F)(F)F. The van der Waals surface area contributed by atoms with E-state index in [1.165, 1.54) is 24.3 Å². The number of aromatic nitrogens is 4. The molecule has 21 nitrogen and oxygen atoms in total. The van der Waals surface area contributed by atoms with E-state index in [2.05, 4.69) is 56.9 Å². The van der Waals surface area contributed by atoms with Gasteiger partial charge in [0.1, 0.15) is 29.8 Å². The lowest BCUT2D eigenvalue weighted by Gasteiger charge is -2.47. The van der Waals surface area contributed by atoms with Crippen molar-refractivity contribution in [3.8, 4) is 23.1 Å². The van der Waals surface area contributed by atoms with Gasteiger partial charge in [-0.25, -0.2) is 38.0 Å². The molecular formula is C59H73F10N12O9+. The van der Waals surface area contributed by atoms with Crippen LogP contribution in [0.5, 0.6) is 0 Å². The fourth-order valence-electron chi connectivity index (χ4n) is 10.6. The van der Waals surface area contributed by atoms with Gasteiger partial charge in [0.15, 0.2) is 0 Å². The molecule has 3 aliphatic heterocycles. The van der Waals surface area contributed by atoms with Crippen LogP contribution in [-0.2, 0) is 46.3 Å². The first-order valence-corrected chi connectivity index (χ1v) is 28.6. The second kappa shape index (κ2) is 28.6. The number of ether oxygens (including phenoxy) is 4. The van der Waals surface area contributed by atoms with Crippen LogP contribution < -0.4 is 26.3 Å². The smallest absolute Gasteiger partial charge is 0.407 e. The highest BCUT2D eigenvalue weighted by Crippen LogP contribution is 2.42. The maximum atomic E-state index is 16.5. The van der Waals surface area contributed by atoms with Crippen LogP contribution in [0, 0.1) is 34.3 Å². The number of methoxy groups -OCH3 is 2. The molecular weight excluding hydrogens is 1210 g/mol. The lowest BCUT2D eigenvalue weighted by Crippen LogP contribution is -2.64. The molecule has 0 radical (unpaired) electrons. The Kier molecular flexibility index (Phi) is 22.1. The molecule has 2 aromatic carbocycles. The number of anilines is 1. The Morgan fingerprint density at radius 2 is 1.31 bits per heavy atom. The number of rotatable bonds is 24. The van der Waals surface area contributed by atoms with E-state index in [-0.39, 0.29) is 34.3 Å². The van der Waals surface area contributed by atoms with E-state index in [0.29, 0.717) is 91.1 Å². The Hall–Kier alpha value is -7.82. The summed E-state index contributed by atoms with van der Waals surface area (Å²) in [5, 5.41) is 10.4. The van der Waals surface area contributed by atoms with Crippen molar-refractivity contribution in [1.82, 2.24) is 51.0 Å². The molecule has 0 spiro atoms. The zero-order valence-corrected chi connectivity index (χ0v) is 50.9. The van der Waals surface area contributed by atoms with Crippen molar-refractivity contribution < 1.29 is 91.3 Å². The van der Waals surface area contributed by atoms with Gasteiger partial charge in [-0.05, 0) is 82.9 Å². The number of alkyl carbamates (subject to hydrolysis) is 2. The Morgan fingerprint density at radius 1 is 0.767 bits per heavy atom. The maximum Gasteiger partial charge on any atom is 0.407 e. The van der Waals surface area contributed by atoms with Crippen molar-refractivity contribution in [3.63, 3.8) is 0 Å². The van der Waals surface area contributed by atoms with Gasteiger partial charge in [0.05, 0.1) is 102 Å². The number of carbonyl (C=O) groups excluding carboxylic acids is 5. The monoisotopic (exact) mass is 1280 g/mol. The van der Waals surface area contributed by atoms with Crippen LogP contribution in [0.2, 0.25) is 0 Å². The number of nitrogens with one attached hydrogen (secondary N) is 4. The van der Waals surface area contributed by atoms with Gasteiger partial charge < -0.3 is 44.3 Å². The van der Waals surface area contributed by atoms with E-state index in [1.54, 1.807) is 12.4 Å². The fraction of sp³-hybridized carbons (Fsp3) is 0.559. The van der Waals surface area contributed by atoms with Gasteiger partial charge in [-0.1, -0.05) is 24.0 Å². The van der Waals surface area contributed by atoms with Crippen LogP contribution in [0.25, 0.3) is 11.3 Å². The van der Waals surface area contributed by atoms with Crippen LogP contribution in [0.15, 0.2) is 61.1 Å². The number of hydrazine groups is 1. The third-order valence-corrected chi connectivity index (χ3v) is 16.1. The number of hydrogen-bond acceptors (Lipinski definition) is 15. The normalized spacial score (nSPS) is 17.9. The number of amides is 4. The van der Waals surface area contributed by atoms with E-state index in [4.69, 9.17) is 9.47 Å². The van der Waals surface area contributed by atoms with Crippen molar-refractivity contribution in [2.24, 2.45) is 10.8 Å². The Morgan fingerprint density at radius 3 is 1.80 bits per heavy atom. The van der Waals surface area contributed by atoms with Gasteiger partial charge in [-0.2, -0.15) is 40.2 Å². The van der Waals surface area contributed by atoms with E-state index in [1.807, 2.05) is 31.8 Å². The van der Waals surface area contributed by atoms with Gasteiger partial charge in [0, 0.05) is 73.4 Å². The van der Waals surface area contributed by atoms with Crippen molar-refractivity contribution in [2.75, 3.05) is 79.7 Å². The van der Waals surface area contributed by atoms with Crippen molar-refractivity contribution in [3.05, 3.63) is 94.9 Å². The van der Waals surface area contributed by atoms with Crippen LogP contribution in [0.4, 0.5) is 59.4 Å². The molecule has 0 saturated carbocycles. The lowest BCUT2D eigenvalue weighted by atomic mass is 9.82. The summed E-state index contributed by atoms with van der Waals surface area (Å²) in [6.07, 6.45) is -10.1. The summed E-state index contributed by atoms with van der Waals surface area (Å²) < 4.78 is 170. The summed E-state index contributed by atoms with van der Waals surface area (Å²) >= 11 is 0. The standard InChI is InChI=1S/C59H72F10N12O9/c1-56(2,58(64,65)66)48(73-54(85)87-8)50(83)72-45(23-35-15-12-34(13-16-35)14-17-36-26-70-53(71-27-36)77-28-38-18-19-39(29-77)80(38)40-32-89-33-40)46(90-47(82)11-10-22-81(5,6)7)31-78(76-51(84)49(74-55(86)88-9)57(3,4)59(67,68)69)30-41-42(60)24-37(25-43(41)61)44-20-21-79(75-44)52(62)63/h12-13,15-16,20-21,24-27,38-40,45-46,48-49,52H,10-11,18-19,22-23,28-33H2,1-9H3,(H3-,72,73,74,76,83,84,85,86)/p+1/t38?,39?,45-,46-,48+,49+/m0/s1. The number of quaternary nitrogens is 1. The number of halogens is 10. The van der Waals surface area contributed by atoms with Gasteiger partial charge in [0.25, 0.3) is 5.91 Å². The van der Waals surface area contributed by atoms with E-state index in [0.717, 1.165) is 65.6 Å². The molecule has 4 N–H and O–H groups in total. The molecule has 7 rings (SSSR count). The number of esters is 1. The third-order valence-electron chi connectivity index (χ3n) is 16.1. The van der Waals surface area contributed by atoms with E-state index in [9.17, 15) is 59.1 Å². The fourth-order valence-corrected chi connectivity index (χ4v) is 10.6. The lowest BCUT2D eigenvalue weighted by molar-refractivity contribution is -0.870. The minimum atomic E-state index is -5.27. The second-order valence-electron chi connectivity index (χ2n) is 24.4. The molecule has 0 aliphatic carbocycles. The predicted molar refractivity (Wildman–Crippen MR) is 303 cm³/mol. The molecule has 4 aromatic rings. The number of carbonyl (C=O) groups is 5. The number of alkyl halides is 8. The van der Waals surface area contributed by atoms with E-state index < -0.39 is 121 Å². The molecule has 4 amide bonds. The summed E-state index contributed by atoms with van der Waals surface area (Å²) in [6, 6.07) is 2.65. The van der Waals surface area contributed by atoms with Gasteiger partial charge in [-0.3, -0.25) is 24.7 Å². The highest BCUT2D eigenvalue weighted by atomic mass is 19.4. The van der Waals surface area contributed by atoms with Gasteiger partial charge in [0.2, 0.25) is 11.9 Å². The highest BCUT2D eigenvalue weighted by molar-refractivity contribution is 5.87. The maximum absolute atomic E-state index is 16.5. The van der Waals surface area contributed by atoms with Crippen molar-refractivity contribution >= 4 is 35.9 Å². The minimum absolute atomic E-state index is 0.136. The highest BCUT2D eigenvalue weighted by Gasteiger charge is 2.57. The van der Waals surface area contributed by atoms with Crippen LogP contribution >= 0.6 is 0 Å². The molecule has 2 aromatic heterocycles. The molecule has 3 aliphatic rings. The van der Waals surface area contributed by atoms with Crippen molar-refractivity contribution in [2.45, 2.75) is 128 Å². The van der Waals surface area contributed by atoms with Gasteiger partial charge >= 0.3 is 37.1 Å². The molecule has 31 heteroatoms. The Bertz CT molecular complexity index is 3200. The van der Waals surface area contributed by atoms with Crippen LogP contribution in [0.1, 0.15) is 82.2 Å². The van der Waals surface area contributed by atoms with Crippen LogP contribution in [0.3, 0.4) is 0 Å². The average Bonchev–Trinajstić information content (AvgIpc) is 1.58. The minimum Gasteiger partial charge on any atom is -0.459 e. The number of benzene rings is 2. The molecule has 2 bridgehead atoms. The number of piperazine rings is 1. The molecule has 5 heterocycles. The summed E-state index contributed by atoms with van der Waals surface area (Å²) in [6.45, 7) is 0.191. The third kappa shape index (κ3) is 17.4. The Balaban J connectivity index is 1.28. The second-order valence-corrected chi connectivity index (χ2v) is 24.4. The zero-order valence-electron chi connectivity index (χ0n) is 50.9. The zero-order chi connectivity index (χ0) is 66.3. The average molecular weight is 1280 g/mol. The topological polar surface area (TPSA) is 224 Å². The summed E-state index contributed by atoms with van der Waals surface area (Å²) in [4.78, 5) is 82.4. The van der Waals surface area contributed by atoms with E-state index >= 15 is 8.78 Å². The van der Waals surface area contributed by atoms with Crippen LogP contribution in [-0.4, -0.2) is 194 Å². The molecule has 2 unspecified atom stereocenters. The largest absolute Gasteiger partial charge is 0.459 e. The number of fused-ring (bicyclic) bond motifs is 2. The quantitative estimate of drug-likeness (QED) is 0.0138. The summed E-state index contributed by atoms with van der Waals surface area (Å²) in [7, 11) is 7.04. The summed E-state index contributed by atoms with van der Waals surface area (Å²) in [5.41, 5.74) is -4.65. The van der Waals surface area contributed by atoms with Gasteiger partial charge in [-0.15, -0.1) is 0 Å². The molecule has 492 valence electrons. The first kappa shape index (κ1) is 69.7. The molecule has 3 fully saturated rings. The van der Waals surface area contributed by atoms with Crippen molar-refractivity contribution in [1.29, 1.82) is 0 Å². The Labute approximate surface area is 513 Å². The first-order chi connectivity index (χ1) is 42.1. The molecule has 90 heavy (non-hydrogen) atoms. The molecule has 6 atom stereocenters. The number of hydrogen-bond donors (Lipinski definition) is 4. The molecule has 3 saturated heterocycles.